The second-order valence-electron chi connectivity index (χ2n) is 10.1. The standard InChI is InChI=1S/C27H34Cl2F3N5O2/c1-16(2)12-22(34)19-4-3-5-20(27(30,31)32)25(19)36-8-10-37(11-9-36)26(39)23(35-24(38)15-33)13-17-6-7-18(28)14-21(17)29/h3-7,14,16,22-23H,8-13,15,33-34H2,1-2H3,(H,35,38)/t22-,23+/m0/s1. The van der Waals surface area contributed by atoms with Crippen molar-refractivity contribution >= 4 is 40.7 Å². The SMILES string of the molecule is CC(C)C[C@H](N)c1cccc(C(F)(F)F)c1N1CCN(C(=O)[C@@H](Cc2ccc(Cl)cc2Cl)NC(=O)CN)CC1. The third-order valence-corrected chi connectivity index (χ3v) is 7.25. The van der Waals surface area contributed by atoms with Gasteiger partial charge in [0.1, 0.15) is 6.04 Å². The number of amides is 2. The summed E-state index contributed by atoms with van der Waals surface area (Å²) in [5.74, 6) is -0.685. The number of piperazine rings is 1. The summed E-state index contributed by atoms with van der Waals surface area (Å²) in [5.41, 5.74) is 12.2. The number of rotatable bonds is 9. The summed E-state index contributed by atoms with van der Waals surface area (Å²) in [5, 5.41) is 3.42. The van der Waals surface area contributed by atoms with Gasteiger partial charge in [-0.1, -0.05) is 55.2 Å². The molecule has 0 aliphatic carbocycles. The van der Waals surface area contributed by atoms with Crippen molar-refractivity contribution in [1.29, 1.82) is 0 Å². The number of nitrogens with zero attached hydrogens (tertiary/aromatic N) is 2. The summed E-state index contributed by atoms with van der Waals surface area (Å²) < 4.78 is 42.1. The summed E-state index contributed by atoms with van der Waals surface area (Å²) in [7, 11) is 0. The van der Waals surface area contributed by atoms with Crippen LogP contribution < -0.4 is 21.7 Å². The van der Waals surface area contributed by atoms with E-state index in [9.17, 15) is 22.8 Å². The second-order valence-corrected chi connectivity index (χ2v) is 10.9. The normalized spacial score (nSPS) is 15.8. The summed E-state index contributed by atoms with van der Waals surface area (Å²) in [6, 6.07) is 7.42. The Morgan fingerprint density at radius 2 is 1.74 bits per heavy atom. The first-order valence-corrected chi connectivity index (χ1v) is 13.5. The van der Waals surface area contributed by atoms with E-state index < -0.39 is 29.7 Å². The van der Waals surface area contributed by atoms with Gasteiger partial charge in [-0.2, -0.15) is 13.2 Å². The van der Waals surface area contributed by atoms with Crippen LogP contribution in [0.4, 0.5) is 18.9 Å². The van der Waals surface area contributed by atoms with Crippen LogP contribution in [-0.2, 0) is 22.2 Å². The van der Waals surface area contributed by atoms with Gasteiger partial charge in [0.05, 0.1) is 17.8 Å². The third-order valence-electron chi connectivity index (χ3n) is 6.66. The minimum Gasteiger partial charge on any atom is -0.367 e. The molecule has 0 bridgehead atoms. The molecule has 214 valence electrons. The Morgan fingerprint density at radius 1 is 1.08 bits per heavy atom. The molecule has 2 aromatic rings. The van der Waals surface area contributed by atoms with Crippen molar-refractivity contribution in [2.75, 3.05) is 37.6 Å². The quantitative estimate of drug-likeness (QED) is 0.403. The smallest absolute Gasteiger partial charge is 0.367 e. The Hall–Kier alpha value is -2.53. The molecular formula is C27H34Cl2F3N5O2. The number of carbonyl (C=O) groups excluding carboxylic acids is 2. The van der Waals surface area contributed by atoms with Crippen LogP contribution in [-0.4, -0.2) is 55.5 Å². The van der Waals surface area contributed by atoms with Crippen molar-refractivity contribution < 1.29 is 22.8 Å². The molecule has 5 N–H and O–H groups in total. The predicted octanol–water partition coefficient (Wildman–Crippen LogP) is 4.39. The van der Waals surface area contributed by atoms with Gasteiger partial charge in [-0.25, -0.2) is 0 Å². The Bertz CT molecular complexity index is 1170. The Kier molecular flexibility index (Phi) is 10.5. The minimum atomic E-state index is -4.56. The van der Waals surface area contributed by atoms with Crippen LogP contribution in [0.2, 0.25) is 10.0 Å². The van der Waals surface area contributed by atoms with E-state index in [-0.39, 0.29) is 56.7 Å². The molecule has 1 heterocycles. The molecule has 7 nitrogen and oxygen atoms in total. The van der Waals surface area contributed by atoms with Crippen LogP contribution in [0.15, 0.2) is 36.4 Å². The number of alkyl halides is 3. The van der Waals surface area contributed by atoms with Crippen LogP contribution in [0.5, 0.6) is 0 Å². The molecule has 0 unspecified atom stereocenters. The Balaban J connectivity index is 1.83. The monoisotopic (exact) mass is 587 g/mol. The number of hydrogen-bond donors (Lipinski definition) is 3. The van der Waals surface area contributed by atoms with E-state index in [0.29, 0.717) is 27.6 Å². The van der Waals surface area contributed by atoms with Gasteiger partial charge < -0.3 is 26.6 Å². The fraction of sp³-hybridized carbons (Fsp3) is 0.481. The van der Waals surface area contributed by atoms with Gasteiger partial charge in [-0.05, 0) is 41.7 Å². The molecule has 2 atom stereocenters. The molecule has 2 amide bonds. The lowest BCUT2D eigenvalue weighted by Gasteiger charge is -2.40. The molecule has 39 heavy (non-hydrogen) atoms. The fourth-order valence-electron chi connectivity index (χ4n) is 4.81. The largest absolute Gasteiger partial charge is 0.418 e. The molecule has 12 heteroatoms. The number of halogens is 5. The highest BCUT2D eigenvalue weighted by Gasteiger charge is 2.38. The van der Waals surface area contributed by atoms with Crippen molar-refractivity contribution in [1.82, 2.24) is 10.2 Å². The maximum Gasteiger partial charge on any atom is 0.418 e. The number of para-hydroxylation sites is 1. The minimum absolute atomic E-state index is 0.0613. The van der Waals surface area contributed by atoms with Crippen molar-refractivity contribution in [2.45, 2.75) is 44.9 Å². The Labute approximate surface area is 236 Å². The van der Waals surface area contributed by atoms with Gasteiger partial charge in [0, 0.05) is 48.7 Å². The zero-order valence-electron chi connectivity index (χ0n) is 21.9. The number of nitrogens with one attached hydrogen (secondary N) is 1. The average molecular weight is 589 g/mol. The van der Waals surface area contributed by atoms with Crippen molar-refractivity contribution in [3.63, 3.8) is 0 Å². The van der Waals surface area contributed by atoms with Gasteiger partial charge in [0.15, 0.2) is 0 Å². The number of hydrogen-bond acceptors (Lipinski definition) is 5. The lowest BCUT2D eigenvalue weighted by molar-refractivity contribution is -0.138. The van der Waals surface area contributed by atoms with E-state index in [1.54, 1.807) is 29.2 Å². The van der Waals surface area contributed by atoms with Gasteiger partial charge in [-0.15, -0.1) is 0 Å². The molecule has 2 aromatic carbocycles. The van der Waals surface area contributed by atoms with E-state index >= 15 is 0 Å². The average Bonchev–Trinajstić information content (AvgIpc) is 2.88. The predicted molar refractivity (Wildman–Crippen MR) is 148 cm³/mol. The maximum absolute atomic E-state index is 14.0. The van der Waals surface area contributed by atoms with Crippen LogP contribution in [0, 0.1) is 5.92 Å². The number of anilines is 1. The highest BCUT2D eigenvalue weighted by Crippen LogP contribution is 2.41. The third kappa shape index (κ3) is 8.00. The molecule has 0 spiro atoms. The molecule has 1 fully saturated rings. The number of carbonyl (C=O) groups is 2. The van der Waals surface area contributed by atoms with Crippen LogP contribution in [0.1, 0.15) is 43.0 Å². The molecule has 1 saturated heterocycles. The molecule has 0 aromatic heterocycles. The molecule has 3 rings (SSSR count). The fourth-order valence-corrected chi connectivity index (χ4v) is 5.29. The van der Waals surface area contributed by atoms with Crippen LogP contribution >= 0.6 is 23.2 Å². The van der Waals surface area contributed by atoms with E-state index in [1.165, 1.54) is 11.0 Å². The summed E-state index contributed by atoms with van der Waals surface area (Å²) in [6.07, 6.45) is -3.93. The first-order valence-electron chi connectivity index (χ1n) is 12.7. The highest BCUT2D eigenvalue weighted by atomic mass is 35.5. The van der Waals surface area contributed by atoms with Gasteiger partial charge in [0.25, 0.3) is 0 Å². The zero-order valence-corrected chi connectivity index (χ0v) is 23.4. The van der Waals surface area contributed by atoms with E-state index in [2.05, 4.69) is 5.32 Å². The summed E-state index contributed by atoms with van der Waals surface area (Å²) in [4.78, 5) is 28.8. The molecule has 0 radical (unpaired) electrons. The molecule has 0 saturated carbocycles. The Morgan fingerprint density at radius 3 is 2.31 bits per heavy atom. The lowest BCUT2D eigenvalue weighted by atomic mass is 9.93. The van der Waals surface area contributed by atoms with Gasteiger partial charge in [-0.3, -0.25) is 9.59 Å². The van der Waals surface area contributed by atoms with Crippen LogP contribution in [0.3, 0.4) is 0 Å². The molecular weight excluding hydrogens is 554 g/mol. The van der Waals surface area contributed by atoms with E-state index in [4.69, 9.17) is 34.7 Å². The van der Waals surface area contributed by atoms with E-state index in [1.807, 2.05) is 13.8 Å². The molecule has 1 aliphatic rings. The summed E-state index contributed by atoms with van der Waals surface area (Å²) >= 11 is 12.3. The van der Waals surface area contributed by atoms with Crippen molar-refractivity contribution in [2.24, 2.45) is 17.4 Å². The topological polar surface area (TPSA) is 105 Å². The van der Waals surface area contributed by atoms with Crippen molar-refractivity contribution in [3.8, 4) is 0 Å². The summed E-state index contributed by atoms with van der Waals surface area (Å²) in [6.45, 7) is 4.28. The maximum atomic E-state index is 14.0. The van der Waals surface area contributed by atoms with Gasteiger partial charge in [0.2, 0.25) is 11.8 Å². The van der Waals surface area contributed by atoms with Crippen molar-refractivity contribution in [3.05, 3.63) is 63.1 Å². The lowest BCUT2D eigenvalue weighted by Crippen LogP contribution is -2.56. The number of nitrogens with two attached hydrogens (primary N) is 2. The van der Waals surface area contributed by atoms with E-state index in [0.717, 1.165) is 6.07 Å². The molecule has 1 aliphatic heterocycles. The van der Waals surface area contributed by atoms with Gasteiger partial charge >= 0.3 is 6.18 Å². The first kappa shape index (κ1) is 31.0. The number of benzene rings is 2. The second kappa shape index (κ2) is 13.2. The highest BCUT2D eigenvalue weighted by molar-refractivity contribution is 6.35. The first-order chi connectivity index (χ1) is 18.3. The zero-order chi connectivity index (χ0) is 28.9. The van der Waals surface area contributed by atoms with Crippen LogP contribution in [0.25, 0.3) is 0 Å².